The molecule has 5 aromatic carbocycles. The second-order valence-corrected chi connectivity index (χ2v) is 9.81. The highest BCUT2D eigenvalue weighted by atomic mass is 15.0. The van der Waals surface area contributed by atoms with Crippen molar-refractivity contribution in [1.82, 2.24) is 9.55 Å². The highest BCUT2D eigenvalue weighted by molar-refractivity contribution is 6.19. The van der Waals surface area contributed by atoms with Gasteiger partial charge in [-0.05, 0) is 53.5 Å². The van der Waals surface area contributed by atoms with Gasteiger partial charge in [-0.25, -0.2) is 4.98 Å². The Hall–Kier alpha value is -4.94. The maximum absolute atomic E-state index is 9.63. The molecule has 0 N–H and O–H groups in total. The van der Waals surface area contributed by atoms with Gasteiger partial charge in [-0.15, -0.1) is 0 Å². The molecule has 0 fully saturated rings. The average Bonchev–Trinajstić information content (AvgIpc) is 3.29. The summed E-state index contributed by atoms with van der Waals surface area (Å²) < 4.78 is 2.41. The van der Waals surface area contributed by atoms with Crippen LogP contribution in [0.2, 0.25) is 0 Å². The summed E-state index contributed by atoms with van der Waals surface area (Å²) in [6, 6.07) is 34.3. The first-order valence-corrected chi connectivity index (χ1v) is 12.7. The van der Waals surface area contributed by atoms with E-state index in [4.69, 9.17) is 4.98 Å². The average molecular weight is 472 g/mol. The van der Waals surface area contributed by atoms with Crippen LogP contribution in [0.25, 0.3) is 66.0 Å². The number of nitriles is 1. The summed E-state index contributed by atoms with van der Waals surface area (Å²) in [6.07, 6.45) is 6.50. The van der Waals surface area contributed by atoms with E-state index in [0.717, 1.165) is 62.0 Å². The molecular formula is C34H21N3. The molecule has 0 unspecified atom stereocenters. The summed E-state index contributed by atoms with van der Waals surface area (Å²) in [5.74, 6) is 0. The number of rotatable bonds is 1. The number of benzene rings is 5. The highest BCUT2D eigenvalue weighted by Gasteiger charge is 2.23. The van der Waals surface area contributed by atoms with Crippen molar-refractivity contribution in [3.8, 4) is 11.8 Å². The molecule has 0 atom stereocenters. The monoisotopic (exact) mass is 471 g/mol. The van der Waals surface area contributed by atoms with Gasteiger partial charge in [-0.3, -0.25) is 0 Å². The van der Waals surface area contributed by atoms with Gasteiger partial charge in [-0.1, -0.05) is 78.9 Å². The zero-order valence-corrected chi connectivity index (χ0v) is 20.1. The number of aryl methyl sites for hydroxylation is 1. The Kier molecular flexibility index (Phi) is 4.12. The number of aromatic nitrogens is 2. The first kappa shape index (κ1) is 20.3. The van der Waals surface area contributed by atoms with Crippen LogP contribution in [0.1, 0.15) is 23.2 Å². The minimum absolute atomic E-state index is 0.698. The molecule has 8 rings (SSSR count). The fourth-order valence-electron chi connectivity index (χ4n) is 6.18. The summed E-state index contributed by atoms with van der Waals surface area (Å²) in [5, 5.41) is 17.7. The lowest BCUT2D eigenvalue weighted by Gasteiger charge is -2.18. The van der Waals surface area contributed by atoms with E-state index in [-0.39, 0.29) is 0 Å². The van der Waals surface area contributed by atoms with Crippen molar-refractivity contribution < 1.29 is 0 Å². The normalized spacial score (nSPS) is 13.1. The summed E-state index contributed by atoms with van der Waals surface area (Å²) in [4.78, 5) is 5.35. The zero-order chi connectivity index (χ0) is 24.5. The van der Waals surface area contributed by atoms with Crippen LogP contribution in [0, 0.1) is 11.3 Å². The predicted octanol–water partition coefficient (Wildman–Crippen LogP) is 8.47. The van der Waals surface area contributed by atoms with Crippen molar-refractivity contribution >= 4 is 60.3 Å². The molecule has 0 radical (unpaired) electrons. The van der Waals surface area contributed by atoms with Crippen LogP contribution in [0.4, 0.5) is 0 Å². The van der Waals surface area contributed by atoms with Crippen molar-refractivity contribution in [3.63, 3.8) is 0 Å². The minimum Gasteiger partial charge on any atom is -0.308 e. The Morgan fingerprint density at radius 3 is 2.05 bits per heavy atom. The molecular weight excluding hydrogens is 450 g/mol. The molecule has 7 aromatic rings. The van der Waals surface area contributed by atoms with Crippen LogP contribution in [-0.4, -0.2) is 9.55 Å². The van der Waals surface area contributed by atoms with Gasteiger partial charge in [0.15, 0.2) is 0 Å². The fourth-order valence-corrected chi connectivity index (χ4v) is 6.18. The van der Waals surface area contributed by atoms with Crippen molar-refractivity contribution in [1.29, 1.82) is 5.26 Å². The third-order valence-corrected chi connectivity index (χ3v) is 7.84. The maximum atomic E-state index is 9.63. The van der Waals surface area contributed by atoms with E-state index in [0.29, 0.717) is 5.56 Å². The van der Waals surface area contributed by atoms with Gasteiger partial charge in [-0.2, -0.15) is 5.26 Å². The maximum Gasteiger partial charge on any atom is 0.0991 e. The van der Waals surface area contributed by atoms with E-state index in [1.807, 2.05) is 6.07 Å². The molecule has 0 amide bonds. The Balaban J connectivity index is 1.65. The standard InChI is InChI=1S/C34H21N3/c35-20-21-13-18-31-29(19-21)26-11-5-6-12-30(26)37(31)34-27-16-14-22-7-1-3-9-24(22)32(27)36-33-25-10-4-2-8-23(25)15-17-28(33)34/h1-4,6-10,12-19H,5,11H2. The second kappa shape index (κ2) is 7.53. The van der Waals surface area contributed by atoms with E-state index in [2.05, 4.69) is 108 Å². The molecule has 3 nitrogen and oxygen atoms in total. The van der Waals surface area contributed by atoms with Gasteiger partial charge in [0.2, 0.25) is 0 Å². The second-order valence-electron chi connectivity index (χ2n) is 9.81. The van der Waals surface area contributed by atoms with E-state index in [9.17, 15) is 5.26 Å². The molecule has 3 heteroatoms. The number of hydrogen-bond acceptors (Lipinski definition) is 2. The van der Waals surface area contributed by atoms with E-state index in [1.54, 1.807) is 0 Å². The van der Waals surface area contributed by atoms with Gasteiger partial charge in [0.25, 0.3) is 0 Å². The molecule has 0 saturated heterocycles. The molecule has 172 valence electrons. The lowest BCUT2D eigenvalue weighted by Crippen LogP contribution is -2.03. The fraction of sp³-hybridized carbons (Fsp3) is 0.0588. The summed E-state index contributed by atoms with van der Waals surface area (Å²) in [7, 11) is 0. The van der Waals surface area contributed by atoms with Gasteiger partial charge in [0, 0.05) is 32.6 Å². The predicted molar refractivity (Wildman–Crippen MR) is 153 cm³/mol. The largest absolute Gasteiger partial charge is 0.308 e. The molecule has 2 heterocycles. The minimum atomic E-state index is 0.698. The van der Waals surface area contributed by atoms with Crippen LogP contribution in [-0.2, 0) is 6.42 Å². The van der Waals surface area contributed by atoms with E-state index >= 15 is 0 Å². The van der Waals surface area contributed by atoms with Crippen molar-refractivity contribution in [2.75, 3.05) is 0 Å². The molecule has 2 aromatic heterocycles. The van der Waals surface area contributed by atoms with Gasteiger partial charge < -0.3 is 4.57 Å². The molecule has 0 bridgehead atoms. The SMILES string of the molecule is N#Cc1ccc2c(c1)c1c(n2-c2c3ccc4ccccc4c3nc3c2ccc2ccccc23)C=CCC1. The molecule has 1 aliphatic rings. The van der Waals surface area contributed by atoms with Gasteiger partial charge >= 0.3 is 0 Å². The Morgan fingerprint density at radius 2 is 1.38 bits per heavy atom. The number of fused-ring (bicyclic) bond motifs is 9. The number of hydrogen-bond donors (Lipinski definition) is 0. The van der Waals surface area contributed by atoms with Crippen LogP contribution in [0.5, 0.6) is 0 Å². The van der Waals surface area contributed by atoms with E-state index < -0.39 is 0 Å². The van der Waals surface area contributed by atoms with Crippen molar-refractivity contribution in [2.45, 2.75) is 12.8 Å². The van der Waals surface area contributed by atoms with Gasteiger partial charge in [0.1, 0.15) is 0 Å². The third-order valence-electron chi connectivity index (χ3n) is 7.84. The van der Waals surface area contributed by atoms with Crippen molar-refractivity contribution in [3.05, 3.63) is 114 Å². The highest BCUT2D eigenvalue weighted by Crippen LogP contribution is 2.41. The number of pyridine rings is 1. The first-order chi connectivity index (χ1) is 18.3. The van der Waals surface area contributed by atoms with Crippen LogP contribution >= 0.6 is 0 Å². The summed E-state index contributed by atoms with van der Waals surface area (Å²) in [6.45, 7) is 0. The molecule has 0 aliphatic heterocycles. The Labute approximate surface area is 213 Å². The Bertz CT molecular complexity index is 2060. The topological polar surface area (TPSA) is 41.6 Å². The van der Waals surface area contributed by atoms with E-state index in [1.165, 1.54) is 22.0 Å². The summed E-state index contributed by atoms with van der Waals surface area (Å²) in [5.41, 5.74) is 7.52. The quantitative estimate of drug-likeness (QED) is 0.178. The van der Waals surface area contributed by atoms with Gasteiger partial charge in [0.05, 0.1) is 33.9 Å². The first-order valence-electron chi connectivity index (χ1n) is 12.7. The zero-order valence-electron chi connectivity index (χ0n) is 20.1. The summed E-state index contributed by atoms with van der Waals surface area (Å²) >= 11 is 0. The lowest BCUT2D eigenvalue weighted by atomic mass is 9.98. The molecule has 37 heavy (non-hydrogen) atoms. The smallest absolute Gasteiger partial charge is 0.0991 e. The molecule has 0 saturated carbocycles. The molecule has 0 spiro atoms. The molecule has 1 aliphatic carbocycles. The third kappa shape index (κ3) is 2.78. The van der Waals surface area contributed by atoms with Crippen molar-refractivity contribution in [2.24, 2.45) is 0 Å². The number of nitrogens with zero attached hydrogens (tertiary/aromatic N) is 3. The van der Waals surface area contributed by atoms with Crippen LogP contribution in [0.15, 0.2) is 97.1 Å². The Morgan fingerprint density at radius 1 is 0.703 bits per heavy atom. The lowest BCUT2D eigenvalue weighted by molar-refractivity contribution is 0.971. The number of allylic oxidation sites excluding steroid dienone is 1. The van der Waals surface area contributed by atoms with Crippen LogP contribution in [0.3, 0.4) is 0 Å². The van der Waals surface area contributed by atoms with Crippen LogP contribution < -0.4 is 0 Å².